The number of carbonyl (C=O) groups is 3. The number of carbonyl (C=O) groups excluding carboxylic acids is 3. The number of esters is 1. The van der Waals surface area contributed by atoms with Gasteiger partial charge >= 0.3 is 11.9 Å². The minimum absolute atomic E-state index is 0.0105. The van der Waals surface area contributed by atoms with Gasteiger partial charge in [0.2, 0.25) is 0 Å². The Labute approximate surface area is 253 Å². The molecule has 2 aliphatic rings. The molecule has 2 aliphatic heterocycles. The molecule has 3 aromatic rings. The molecule has 2 aromatic carbocycles. The number of hydrogen-bond acceptors (Lipinski definition) is 10. The summed E-state index contributed by atoms with van der Waals surface area (Å²) >= 11 is 0.932. The Morgan fingerprint density at radius 2 is 1.95 bits per heavy atom. The quantitative estimate of drug-likeness (QED) is 0.0726. The van der Waals surface area contributed by atoms with Gasteiger partial charge in [-0.2, -0.15) is 0 Å². The maximum Gasteiger partial charge on any atom is 0.350 e. The molecule has 10 nitrogen and oxygen atoms in total. The Kier molecular flexibility index (Phi) is 9.10. The summed E-state index contributed by atoms with van der Waals surface area (Å²) in [5.74, 6) is -1.29. The van der Waals surface area contributed by atoms with E-state index in [2.05, 4.69) is 18.5 Å². The molecular formula is C32H32N2O8S. The van der Waals surface area contributed by atoms with Crippen molar-refractivity contribution in [3.8, 4) is 17.2 Å². The van der Waals surface area contributed by atoms with Gasteiger partial charge in [-0.3, -0.25) is 14.5 Å². The minimum Gasteiger partial charge on any atom is -0.507 e. The molecule has 0 radical (unpaired) electrons. The number of aliphatic hydroxyl groups excluding tert-OH is 1. The summed E-state index contributed by atoms with van der Waals surface area (Å²) in [4.78, 5) is 45.8. The number of aliphatic hydroxyl groups is 1. The highest BCUT2D eigenvalue weighted by Gasteiger charge is 2.48. The van der Waals surface area contributed by atoms with E-state index in [1.54, 1.807) is 49.4 Å². The van der Waals surface area contributed by atoms with Crippen LogP contribution in [0.3, 0.4) is 0 Å². The van der Waals surface area contributed by atoms with Crippen LogP contribution in [0.5, 0.6) is 17.2 Å². The van der Waals surface area contributed by atoms with Gasteiger partial charge in [0, 0.05) is 5.56 Å². The first kappa shape index (κ1) is 29.8. The second kappa shape index (κ2) is 13.1. The summed E-state index contributed by atoms with van der Waals surface area (Å²) in [6.07, 6.45) is 4.40. The smallest absolute Gasteiger partial charge is 0.350 e. The van der Waals surface area contributed by atoms with Gasteiger partial charge in [0.25, 0.3) is 5.78 Å². The summed E-state index contributed by atoms with van der Waals surface area (Å²) in [5, 5.41) is 11.7. The second-order valence-electron chi connectivity index (χ2n) is 9.95. The Hall–Kier alpha value is -4.64. The van der Waals surface area contributed by atoms with Crippen LogP contribution < -0.4 is 19.1 Å². The van der Waals surface area contributed by atoms with E-state index in [-0.39, 0.29) is 33.5 Å². The lowest BCUT2D eigenvalue weighted by Crippen LogP contribution is -2.29. The molecular weight excluding hydrogens is 572 g/mol. The standard InChI is InChI=1S/C32H32N2O8S/c1-4-6-7-14-39-22-10-8-9-20(17-22)26-25(27(35)21-11-12-23-24(18-21)41-16-15-40-23)28(36)30(37)34(26)32-33-19(3)29(43-32)31(38)42-13-5-2/h5,8-12,17-18,26,35H,2,4,6-7,13-16H2,1,3H3/b27-25+. The third-order valence-electron chi connectivity index (χ3n) is 6.96. The fraction of sp³-hybridized carbons (Fsp3) is 0.312. The van der Waals surface area contributed by atoms with Crippen molar-refractivity contribution in [3.63, 3.8) is 0 Å². The topological polar surface area (TPSA) is 124 Å². The van der Waals surface area contributed by atoms with Crippen LogP contribution in [0.1, 0.15) is 58.7 Å². The summed E-state index contributed by atoms with van der Waals surface area (Å²) in [6, 6.07) is 10.8. The molecule has 0 aliphatic carbocycles. The highest BCUT2D eigenvalue weighted by atomic mass is 32.1. The van der Waals surface area contributed by atoms with Gasteiger partial charge in [-0.25, -0.2) is 9.78 Å². The van der Waals surface area contributed by atoms with Gasteiger partial charge in [0.05, 0.1) is 23.9 Å². The van der Waals surface area contributed by atoms with Crippen molar-refractivity contribution >= 4 is 39.9 Å². The molecule has 224 valence electrons. The number of Topliss-reactive ketones (excluding diaryl/α,β-unsaturated/α-hetero) is 1. The number of fused-ring (bicyclic) bond motifs is 1. The minimum atomic E-state index is -1.06. The SMILES string of the molecule is C=CCOC(=O)c1sc(N2C(=O)C(=O)/C(=C(/O)c3ccc4c(c3)OCCO4)C2c2cccc(OCCCCC)c2)nc1C. The molecule has 1 N–H and O–H groups in total. The van der Waals surface area contributed by atoms with Crippen LogP contribution in [0.15, 0.2) is 60.7 Å². The summed E-state index contributed by atoms with van der Waals surface area (Å²) < 4.78 is 22.4. The number of ether oxygens (including phenoxy) is 4. The number of ketones is 1. The second-order valence-corrected chi connectivity index (χ2v) is 10.9. The number of aromatic nitrogens is 1. The normalized spacial score (nSPS) is 17.2. The summed E-state index contributed by atoms with van der Waals surface area (Å²) in [7, 11) is 0. The highest BCUT2D eigenvalue weighted by molar-refractivity contribution is 7.17. The third-order valence-corrected chi connectivity index (χ3v) is 8.10. The van der Waals surface area contributed by atoms with Gasteiger partial charge in [-0.1, -0.05) is 55.9 Å². The average molecular weight is 605 g/mol. The number of anilines is 1. The molecule has 1 aromatic heterocycles. The lowest BCUT2D eigenvalue weighted by atomic mass is 9.95. The number of aryl methyl sites for hydroxylation is 1. The first-order valence-electron chi connectivity index (χ1n) is 14.0. The molecule has 0 spiro atoms. The molecule has 11 heteroatoms. The van der Waals surface area contributed by atoms with Crippen molar-refractivity contribution in [2.45, 2.75) is 39.2 Å². The molecule has 3 heterocycles. The van der Waals surface area contributed by atoms with Crippen LogP contribution >= 0.6 is 11.3 Å². The molecule has 5 rings (SSSR count). The van der Waals surface area contributed by atoms with Gasteiger partial charge in [0.15, 0.2) is 16.6 Å². The average Bonchev–Trinajstić information content (AvgIpc) is 3.53. The molecule has 0 bridgehead atoms. The molecule has 1 amide bonds. The zero-order valence-electron chi connectivity index (χ0n) is 24.0. The van der Waals surface area contributed by atoms with E-state index < -0.39 is 23.7 Å². The number of unbranched alkanes of at least 4 members (excludes halogenated alkanes) is 2. The van der Waals surface area contributed by atoms with Crippen molar-refractivity contribution in [3.05, 3.63) is 82.4 Å². The Morgan fingerprint density at radius 1 is 1.16 bits per heavy atom. The van der Waals surface area contributed by atoms with Gasteiger partial charge < -0.3 is 24.1 Å². The van der Waals surface area contributed by atoms with Crippen molar-refractivity contribution in [1.29, 1.82) is 0 Å². The van der Waals surface area contributed by atoms with Crippen molar-refractivity contribution in [2.24, 2.45) is 0 Å². The number of rotatable bonds is 11. The van der Waals surface area contributed by atoms with Crippen LogP contribution in [0.4, 0.5) is 5.13 Å². The van der Waals surface area contributed by atoms with Crippen LogP contribution in [0, 0.1) is 6.92 Å². The van der Waals surface area contributed by atoms with E-state index in [0.717, 1.165) is 30.6 Å². The zero-order valence-corrected chi connectivity index (χ0v) is 24.8. The van der Waals surface area contributed by atoms with Crippen molar-refractivity contribution < 1.29 is 38.4 Å². The maximum absolute atomic E-state index is 13.7. The Balaban J connectivity index is 1.61. The zero-order chi connectivity index (χ0) is 30.5. The van der Waals surface area contributed by atoms with E-state index in [9.17, 15) is 19.5 Å². The van der Waals surface area contributed by atoms with Crippen LogP contribution in [0.25, 0.3) is 5.76 Å². The molecule has 1 fully saturated rings. The van der Waals surface area contributed by atoms with Gasteiger partial charge in [-0.05, 0) is 49.2 Å². The molecule has 1 atom stereocenters. The van der Waals surface area contributed by atoms with Crippen LogP contribution in [0.2, 0.25) is 0 Å². The molecule has 1 saturated heterocycles. The van der Waals surface area contributed by atoms with Crippen LogP contribution in [-0.2, 0) is 14.3 Å². The summed E-state index contributed by atoms with van der Waals surface area (Å²) in [5.41, 5.74) is 1.01. The lowest BCUT2D eigenvalue weighted by molar-refractivity contribution is -0.132. The largest absolute Gasteiger partial charge is 0.507 e. The van der Waals surface area contributed by atoms with Crippen LogP contribution in [-0.4, -0.2) is 54.2 Å². The van der Waals surface area contributed by atoms with Gasteiger partial charge in [-0.15, -0.1) is 0 Å². The number of hydrogen-bond donors (Lipinski definition) is 1. The fourth-order valence-electron chi connectivity index (χ4n) is 4.88. The number of benzene rings is 2. The Morgan fingerprint density at radius 3 is 2.72 bits per heavy atom. The van der Waals surface area contributed by atoms with Gasteiger partial charge in [0.1, 0.15) is 36.2 Å². The first-order chi connectivity index (χ1) is 20.8. The van der Waals surface area contributed by atoms with Crippen molar-refractivity contribution in [1.82, 2.24) is 4.98 Å². The lowest BCUT2D eigenvalue weighted by Gasteiger charge is -2.24. The predicted molar refractivity (Wildman–Crippen MR) is 161 cm³/mol. The number of nitrogens with zero attached hydrogens (tertiary/aromatic N) is 2. The maximum atomic E-state index is 13.7. The number of amides is 1. The monoisotopic (exact) mass is 604 g/mol. The molecule has 1 unspecified atom stereocenters. The van der Waals surface area contributed by atoms with E-state index in [0.29, 0.717) is 48.3 Å². The third kappa shape index (κ3) is 6.12. The Bertz CT molecular complexity index is 1590. The van der Waals surface area contributed by atoms with E-state index in [1.165, 1.54) is 11.0 Å². The highest BCUT2D eigenvalue weighted by Crippen LogP contribution is 2.45. The predicted octanol–water partition coefficient (Wildman–Crippen LogP) is 5.76. The fourth-order valence-corrected chi connectivity index (χ4v) is 5.87. The summed E-state index contributed by atoms with van der Waals surface area (Å²) in [6.45, 7) is 8.54. The molecule has 43 heavy (non-hydrogen) atoms. The molecule has 0 saturated carbocycles. The van der Waals surface area contributed by atoms with E-state index >= 15 is 0 Å². The van der Waals surface area contributed by atoms with E-state index in [1.807, 2.05) is 0 Å². The number of thiazole rings is 1. The van der Waals surface area contributed by atoms with Crippen molar-refractivity contribution in [2.75, 3.05) is 31.3 Å². The van der Waals surface area contributed by atoms with E-state index in [4.69, 9.17) is 18.9 Å². The first-order valence-corrected chi connectivity index (χ1v) is 14.8.